The first kappa shape index (κ1) is 16.2. The fraction of sp³-hybridized carbons (Fsp3) is 0.846. The molecule has 0 spiro atoms. The van der Waals surface area contributed by atoms with Crippen LogP contribution in [-0.2, 0) is 19.4 Å². The average Bonchev–Trinajstić information content (AvgIpc) is 2.45. The van der Waals surface area contributed by atoms with E-state index in [0.29, 0.717) is 32.0 Å². The number of hydrogen-bond donors (Lipinski definition) is 1. The molecule has 0 saturated carbocycles. The molecule has 0 unspecified atom stereocenters. The maximum Gasteiger partial charge on any atom is 0.242 e. The fourth-order valence-electron chi connectivity index (χ4n) is 2.89. The Kier molecular flexibility index (Phi) is 5.21. The van der Waals surface area contributed by atoms with Gasteiger partial charge in [-0.15, -0.1) is 0 Å². The van der Waals surface area contributed by atoms with E-state index in [9.17, 15) is 18.0 Å². The lowest BCUT2D eigenvalue weighted by Gasteiger charge is -2.40. The minimum absolute atomic E-state index is 0.0526. The van der Waals surface area contributed by atoms with Gasteiger partial charge in [-0.25, -0.2) is 8.42 Å². The quantitative estimate of drug-likeness (QED) is 0.710. The summed E-state index contributed by atoms with van der Waals surface area (Å²) in [5.74, 6) is 0.292. The number of hydrogen-bond acceptors (Lipinski definition) is 5. The van der Waals surface area contributed by atoms with Gasteiger partial charge in [-0.1, -0.05) is 0 Å². The number of nitrogens with one attached hydrogen (secondary N) is 1. The third-order valence-electron chi connectivity index (χ3n) is 4.20. The Morgan fingerprint density at radius 2 is 1.67 bits per heavy atom. The number of piperazine rings is 1. The SMILES string of the molecule is CC(=O)NCC(=O)N1CCN(C2CCS(=O)(=O)CC2)CC1. The second-order valence-electron chi connectivity index (χ2n) is 5.71. The van der Waals surface area contributed by atoms with Gasteiger partial charge in [0.15, 0.2) is 0 Å². The molecule has 0 aromatic carbocycles. The molecule has 8 heteroatoms. The van der Waals surface area contributed by atoms with Crippen LogP contribution in [0.5, 0.6) is 0 Å². The van der Waals surface area contributed by atoms with Gasteiger partial charge in [0, 0.05) is 39.1 Å². The molecule has 120 valence electrons. The van der Waals surface area contributed by atoms with Crippen LogP contribution in [-0.4, -0.2) is 80.3 Å². The van der Waals surface area contributed by atoms with E-state index < -0.39 is 9.84 Å². The van der Waals surface area contributed by atoms with Gasteiger partial charge in [0.1, 0.15) is 9.84 Å². The predicted molar refractivity (Wildman–Crippen MR) is 78.5 cm³/mol. The average molecular weight is 317 g/mol. The normalized spacial score (nSPS) is 23.8. The van der Waals surface area contributed by atoms with E-state index in [1.54, 1.807) is 4.90 Å². The molecule has 0 aromatic rings. The van der Waals surface area contributed by atoms with Crippen molar-refractivity contribution >= 4 is 21.7 Å². The largest absolute Gasteiger partial charge is 0.347 e. The van der Waals surface area contributed by atoms with Gasteiger partial charge < -0.3 is 10.2 Å². The van der Waals surface area contributed by atoms with Crippen molar-refractivity contribution in [1.82, 2.24) is 15.1 Å². The smallest absolute Gasteiger partial charge is 0.242 e. The Hall–Kier alpha value is -1.15. The highest BCUT2D eigenvalue weighted by molar-refractivity contribution is 7.91. The third-order valence-corrected chi connectivity index (χ3v) is 5.91. The highest BCUT2D eigenvalue weighted by Gasteiger charge is 2.30. The van der Waals surface area contributed by atoms with Crippen LogP contribution in [0, 0.1) is 0 Å². The van der Waals surface area contributed by atoms with Crippen LogP contribution in [0.25, 0.3) is 0 Å². The summed E-state index contributed by atoms with van der Waals surface area (Å²) in [6.07, 6.45) is 1.39. The molecule has 0 atom stereocenters. The van der Waals surface area contributed by atoms with Gasteiger partial charge in [-0.3, -0.25) is 14.5 Å². The van der Waals surface area contributed by atoms with Crippen LogP contribution in [0.2, 0.25) is 0 Å². The first-order valence-electron chi connectivity index (χ1n) is 7.34. The molecule has 0 aliphatic carbocycles. The lowest BCUT2D eigenvalue weighted by Crippen LogP contribution is -2.54. The van der Waals surface area contributed by atoms with Crippen LogP contribution in [0.15, 0.2) is 0 Å². The number of nitrogens with zero attached hydrogens (tertiary/aromatic N) is 2. The molecule has 2 rings (SSSR count). The van der Waals surface area contributed by atoms with E-state index in [0.717, 1.165) is 13.1 Å². The number of rotatable bonds is 3. The molecule has 0 radical (unpaired) electrons. The molecule has 1 N–H and O–H groups in total. The summed E-state index contributed by atoms with van der Waals surface area (Å²) >= 11 is 0. The van der Waals surface area contributed by atoms with Gasteiger partial charge in [-0.05, 0) is 12.8 Å². The van der Waals surface area contributed by atoms with Gasteiger partial charge in [0.05, 0.1) is 18.1 Å². The highest BCUT2D eigenvalue weighted by atomic mass is 32.2. The molecule has 2 aliphatic rings. The molecule has 2 heterocycles. The molecule has 0 bridgehead atoms. The molecule has 2 aliphatic heterocycles. The second kappa shape index (κ2) is 6.74. The lowest BCUT2D eigenvalue weighted by molar-refractivity contribution is -0.134. The zero-order valence-corrected chi connectivity index (χ0v) is 13.2. The van der Waals surface area contributed by atoms with Crippen LogP contribution in [0.1, 0.15) is 19.8 Å². The van der Waals surface area contributed by atoms with Crippen molar-refractivity contribution in [2.24, 2.45) is 0 Å². The molecular weight excluding hydrogens is 294 g/mol. The third kappa shape index (κ3) is 4.67. The van der Waals surface area contributed by atoms with Crippen molar-refractivity contribution in [3.05, 3.63) is 0 Å². The van der Waals surface area contributed by atoms with E-state index in [1.807, 2.05) is 0 Å². The van der Waals surface area contributed by atoms with Crippen LogP contribution in [0.4, 0.5) is 0 Å². The monoisotopic (exact) mass is 317 g/mol. The maximum absolute atomic E-state index is 11.9. The van der Waals surface area contributed by atoms with Crippen molar-refractivity contribution in [3.63, 3.8) is 0 Å². The molecule has 7 nitrogen and oxygen atoms in total. The van der Waals surface area contributed by atoms with Crippen molar-refractivity contribution in [2.75, 3.05) is 44.2 Å². The summed E-state index contributed by atoms with van der Waals surface area (Å²) in [6.45, 7) is 4.27. The summed E-state index contributed by atoms with van der Waals surface area (Å²) in [5.41, 5.74) is 0. The molecule has 2 fully saturated rings. The van der Waals surface area contributed by atoms with Gasteiger partial charge in [0.2, 0.25) is 11.8 Å². The summed E-state index contributed by atoms with van der Waals surface area (Å²) in [5, 5.41) is 2.52. The van der Waals surface area contributed by atoms with Crippen molar-refractivity contribution in [2.45, 2.75) is 25.8 Å². The Bertz CT molecular complexity index is 484. The van der Waals surface area contributed by atoms with E-state index >= 15 is 0 Å². The Morgan fingerprint density at radius 1 is 1.10 bits per heavy atom. The van der Waals surface area contributed by atoms with Gasteiger partial charge in [0.25, 0.3) is 0 Å². The van der Waals surface area contributed by atoms with Crippen molar-refractivity contribution < 1.29 is 18.0 Å². The number of sulfone groups is 1. The van der Waals surface area contributed by atoms with Crippen LogP contribution in [0.3, 0.4) is 0 Å². The van der Waals surface area contributed by atoms with Crippen molar-refractivity contribution in [1.29, 1.82) is 0 Å². The fourth-order valence-corrected chi connectivity index (χ4v) is 4.36. The molecule has 21 heavy (non-hydrogen) atoms. The van der Waals surface area contributed by atoms with E-state index in [2.05, 4.69) is 10.2 Å². The number of carbonyl (C=O) groups excluding carboxylic acids is 2. The highest BCUT2D eigenvalue weighted by Crippen LogP contribution is 2.19. The predicted octanol–water partition coefficient (Wildman–Crippen LogP) is -1.16. The zero-order valence-electron chi connectivity index (χ0n) is 12.4. The summed E-state index contributed by atoms with van der Waals surface area (Å²) in [6, 6.07) is 0.320. The maximum atomic E-state index is 11.9. The van der Waals surface area contributed by atoms with E-state index in [4.69, 9.17) is 0 Å². The van der Waals surface area contributed by atoms with Crippen molar-refractivity contribution in [3.8, 4) is 0 Å². The first-order valence-corrected chi connectivity index (χ1v) is 9.16. The topological polar surface area (TPSA) is 86.8 Å². The first-order chi connectivity index (χ1) is 9.87. The number of amides is 2. The van der Waals surface area contributed by atoms with Crippen LogP contribution < -0.4 is 5.32 Å². The Balaban J connectivity index is 1.76. The molecule has 0 aromatic heterocycles. The van der Waals surface area contributed by atoms with Gasteiger partial charge in [-0.2, -0.15) is 0 Å². The van der Waals surface area contributed by atoms with E-state index in [-0.39, 0.29) is 29.9 Å². The summed E-state index contributed by atoms with van der Waals surface area (Å²) in [7, 11) is -2.83. The molecule has 2 amide bonds. The van der Waals surface area contributed by atoms with Gasteiger partial charge >= 0.3 is 0 Å². The lowest BCUT2D eigenvalue weighted by atomic mass is 10.1. The Labute approximate surface area is 125 Å². The molecule has 2 saturated heterocycles. The van der Waals surface area contributed by atoms with E-state index in [1.165, 1.54) is 6.92 Å². The zero-order chi connectivity index (χ0) is 15.5. The summed E-state index contributed by atoms with van der Waals surface area (Å²) in [4.78, 5) is 26.7. The summed E-state index contributed by atoms with van der Waals surface area (Å²) < 4.78 is 22.9. The van der Waals surface area contributed by atoms with Crippen LogP contribution >= 0.6 is 0 Å². The Morgan fingerprint density at radius 3 is 2.19 bits per heavy atom. The standard InChI is InChI=1S/C13H23N3O4S/c1-11(17)14-10-13(18)16-6-4-15(5-7-16)12-2-8-21(19,20)9-3-12/h12H,2-10H2,1H3,(H,14,17). The molecular formula is C13H23N3O4S. The number of carbonyl (C=O) groups is 2. The minimum atomic E-state index is -2.83. The minimum Gasteiger partial charge on any atom is -0.347 e. The second-order valence-corrected chi connectivity index (χ2v) is 8.01.